The number of nitrogens with zero attached hydrogens (tertiary/aromatic N) is 2. The average molecular weight is 231 g/mol. The Morgan fingerprint density at radius 2 is 2.33 bits per heavy atom. The van der Waals surface area contributed by atoms with Crippen LogP contribution in [0.3, 0.4) is 0 Å². The van der Waals surface area contributed by atoms with Gasteiger partial charge in [-0.15, -0.1) is 0 Å². The topological polar surface area (TPSA) is 87.2 Å². The van der Waals surface area contributed by atoms with Crippen molar-refractivity contribution in [2.75, 3.05) is 18.8 Å². The number of nitriles is 1. The van der Waals surface area contributed by atoms with Crippen molar-refractivity contribution >= 4 is 10.0 Å². The van der Waals surface area contributed by atoms with Gasteiger partial charge in [-0.05, 0) is 25.7 Å². The van der Waals surface area contributed by atoms with E-state index in [0.29, 0.717) is 13.1 Å². The van der Waals surface area contributed by atoms with Gasteiger partial charge >= 0.3 is 0 Å². The summed E-state index contributed by atoms with van der Waals surface area (Å²) in [4.78, 5) is 0. The van der Waals surface area contributed by atoms with E-state index in [0.717, 1.165) is 12.8 Å². The molecule has 0 spiro atoms. The molecule has 1 rings (SSSR count). The Morgan fingerprint density at radius 1 is 1.67 bits per heavy atom. The highest BCUT2D eigenvalue weighted by molar-refractivity contribution is 7.89. The second-order valence-corrected chi connectivity index (χ2v) is 6.00. The summed E-state index contributed by atoms with van der Waals surface area (Å²) in [6.07, 6.45) is 1.80. The predicted octanol–water partition coefficient (Wildman–Crippen LogP) is -0.101. The highest BCUT2D eigenvalue weighted by Gasteiger charge is 2.29. The van der Waals surface area contributed by atoms with Crippen LogP contribution in [0.2, 0.25) is 0 Å². The molecule has 1 heterocycles. The van der Waals surface area contributed by atoms with Gasteiger partial charge in [0.25, 0.3) is 0 Å². The number of nitrogens with two attached hydrogens (primary N) is 1. The van der Waals surface area contributed by atoms with E-state index in [-0.39, 0.29) is 12.0 Å². The molecule has 1 aliphatic heterocycles. The number of piperidine rings is 1. The molecule has 0 aromatic rings. The molecular weight excluding hydrogens is 214 g/mol. The quantitative estimate of drug-likeness (QED) is 0.734. The zero-order valence-electron chi connectivity index (χ0n) is 8.89. The van der Waals surface area contributed by atoms with Crippen LogP contribution in [-0.2, 0) is 10.0 Å². The van der Waals surface area contributed by atoms with Crippen LogP contribution < -0.4 is 5.73 Å². The second-order valence-electron chi connectivity index (χ2n) is 4.03. The summed E-state index contributed by atoms with van der Waals surface area (Å²) in [7, 11) is -3.38. The Labute approximate surface area is 90.9 Å². The molecule has 86 valence electrons. The van der Waals surface area contributed by atoms with Crippen LogP contribution >= 0.6 is 0 Å². The number of hydrogen-bond acceptors (Lipinski definition) is 4. The third-order valence-corrected chi connectivity index (χ3v) is 4.42. The second kappa shape index (κ2) is 4.92. The van der Waals surface area contributed by atoms with Crippen LogP contribution in [0.25, 0.3) is 0 Å². The maximum absolute atomic E-state index is 11.6. The van der Waals surface area contributed by atoms with Gasteiger partial charge in [0.15, 0.2) is 5.75 Å². The van der Waals surface area contributed by atoms with E-state index in [9.17, 15) is 8.42 Å². The minimum Gasteiger partial charge on any atom is -0.328 e. The highest BCUT2D eigenvalue weighted by atomic mass is 32.2. The Kier molecular flexibility index (Phi) is 4.08. The summed E-state index contributed by atoms with van der Waals surface area (Å²) in [5.41, 5.74) is 5.76. The van der Waals surface area contributed by atoms with Gasteiger partial charge in [0, 0.05) is 19.1 Å². The molecule has 0 saturated carbocycles. The van der Waals surface area contributed by atoms with Crippen molar-refractivity contribution < 1.29 is 8.42 Å². The lowest BCUT2D eigenvalue weighted by Gasteiger charge is -2.33. The van der Waals surface area contributed by atoms with Gasteiger partial charge in [0.1, 0.15) is 0 Å². The van der Waals surface area contributed by atoms with E-state index in [4.69, 9.17) is 11.0 Å². The van der Waals surface area contributed by atoms with Crippen molar-refractivity contribution in [3.63, 3.8) is 0 Å². The molecule has 0 radical (unpaired) electrons. The molecule has 15 heavy (non-hydrogen) atoms. The zero-order chi connectivity index (χ0) is 11.5. The van der Waals surface area contributed by atoms with E-state index in [1.807, 2.05) is 6.92 Å². The maximum Gasteiger partial charge on any atom is 0.227 e. The summed E-state index contributed by atoms with van der Waals surface area (Å²) < 4.78 is 24.6. The van der Waals surface area contributed by atoms with E-state index in [2.05, 4.69) is 0 Å². The van der Waals surface area contributed by atoms with Crippen molar-refractivity contribution in [1.29, 1.82) is 5.26 Å². The van der Waals surface area contributed by atoms with Gasteiger partial charge in [-0.2, -0.15) is 5.26 Å². The Bertz CT molecular complexity index is 345. The van der Waals surface area contributed by atoms with Crippen molar-refractivity contribution in [3.8, 4) is 6.07 Å². The van der Waals surface area contributed by atoms with Crippen LogP contribution in [0.4, 0.5) is 0 Å². The lowest BCUT2D eigenvalue weighted by molar-refractivity contribution is 0.244. The van der Waals surface area contributed by atoms with Crippen LogP contribution in [-0.4, -0.2) is 37.6 Å². The molecule has 5 nitrogen and oxygen atoms in total. The van der Waals surface area contributed by atoms with Crippen LogP contribution in [0, 0.1) is 17.2 Å². The molecule has 6 heteroatoms. The van der Waals surface area contributed by atoms with Gasteiger partial charge in [-0.3, -0.25) is 0 Å². The fourth-order valence-corrected chi connectivity index (χ4v) is 3.00. The monoisotopic (exact) mass is 231 g/mol. The predicted molar refractivity (Wildman–Crippen MR) is 57.3 cm³/mol. The molecular formula is C9H17N3O2S. The summed E-state index contributed by atoms with van der Waals surface area (Å²) >= 11 is 0. The van der Waals surface area contributed by atoms with E-state index in [1.165, 1.54) is 4.31 Å². The molecule has 2 atom stereocenters. The van der Waals surface area contributed by atoms with E-state index < -0.39 is 15.8 Å². The lowest BCUT2D eigenvalue weighted by atomic mass is 9.93. The van der Waals surface area contributed by atoms with Crippen molar-refractivity contribution in [2.24, 2.45) is 11.7 Å². The molecule has 1 saturated heterocycles. The molecule has 0 aromatic heterocycles. The molecule has 1 aliphatic rings. The summed E-state index contributed by atoms with van der Waals surface area (Å²) in [5.74, 6) is -0.217. The minimum absolute atomic E-state index is 0.00471. The van der Waals surface area contributed by atoms with Crippen molar-refractivity contribution in [2.45, 2.75) is 25.8 Å². The first kappa shape index (κ1) is 12.4. The van der Waals surface area contributed by atoms with Gasteiger partial charge in [-0.25, -0.2) is 12.7 Å². The summed E-state index contributed by atoms with van der Waals surface area (Å²) in [6.45, 7) is 2.87. The fraction of sp³-hybridized carbons (Fsp3) is 0.889. The third kappa shape index (κ3) is 3.16. The van der Waals surface area contributed by atoms with Crippen molar-refractivity contribution in [1.82, 2.24) is 4.31 Å². The standard InChI is InChI=1S/C9H17N3O2S/c1-8(11)9-3-2-5-12(7-9)15(13,14)6-4-10/h8-9H,2-3,5-7,11H2,1H3. The largest absolute Gasteiger partial charge is 0.328 e. The number of rotatable bonds is 3. The fourth-order valence-electron chi connectivity index (χ4n) is 1.83. The Balaban J connectivity index is 2.69. The Hall–Kier alpha value is -0.640. The van der Waals surface area contributed by atoms with Gasteiger partial charge < -0.3 is 5.73 Å². The molecule has 0 aromatic carbocycles. The molecule has 0 amide bonds. The summed E-state index contributed by atoms with van der Waals surface area (Å²) in [6, 6.07) is 1.69. The normalized spacial score (nSPS) is 25.8. The SMILES string of the molecule is CC(N)C1CCCN(S(=O)(=O)CC#N)C1. The van der Waals surface area contributed by atoms with Gasteiger partial charge in [0.2, 0.25) is 10.0 Å². The lowest BCUT2D eigenvalue weighted by Crippen LogP contribution is -2.45. The number of sulfonamides is 1. The zero-order valence-corrected chi connectivity index (χ0v) is 9.70. The van der Waals surface area contributed by atoms with Gasteiger partial charge in [0.05, 0.1) is 6.07 Å². The smallest absolute Gasteiger partial charge is 0.227 e. The number of hydrogen-bond donors (Lipinski definition) is 1. The molecule has 1 fully saturated rings. The van der Waals surface area contributed by atoms with Crippen LogP contribution in [0.5, 0.6) is 0 Å². The molecule has 2 unspecified atom stereocenters. The molecule has 0 bridgehead atoms. The van der Waals surface area contributed by atoms with Crippen molar-refractivity contribution in [3.05, 3.63) is 0 Å². The first-order valence-electron chi connectivity index (χ1n) is 5.07. The first-order chi connectivity index (χ1) is 6.97. The molecule has 0 aliphatic carbocycles. The highest BCUT2D eigenvalue weighted by Crippen LogP contribution is 2.21. The third-order valence-electron chi connectivity index (χ3n) is 2.80. The minimum atomic E-state index is -3.38. The average Bonchev–Trinajstić information content (AvgIpc) is 2.18. The summed E-state index contributed by atoms with van der Waals surface area (Å²) in [5, 5.41) is 8.43. The first-order valence-corrected chi connectivity index (χ1v) is 6.68. The van der Waals surface area contributed by atoms with E-state index >= 15 is 0 Å². The van der Waals surface area contributed by atoms with Gasteiger partial charge in [-0.1, -0.05) is 0 Å². The maximum atomic E-state index is 11.6. The van der Waals surface area contributed by atoms with E-state index in [1.54, 1.807) is 6.07 Å². The Morgan fingerprint density at radius 3 is 2.87 bits per heavy atom. The molecule has 2 N–H and O–H groups in total. The van der Waals surface area contributed by atoms with Crippen LogP contribution in [0.1, 0.15) is 19.8 Å². The van der Waals surface area contributed by atoms with Crippen LogP contribution in [0.15, 0.2) is 0 Å².